The molecule has 0 radical (unpaired) electrons. The van der Waals surface area contributed by atoms with Gasteiger partial charge < -0.3 is 19.7 Å². The van der Waals surface area contributed by atoms with Crippen LogP contribution in [0.4, 0.5) is 10.1 Å². The summed E-state index contributed by atoms with van der Waals surface area (Å²) >= 11 is 12.1. The van der Waals surface area contributed by atoms with Crippen molar-refractivity contribution in [2.45, 2.75) is 32.0 Å². The minimum absolute atomic E-state index is 0.00548. The zero-order valence-electron chi connectivity index (χ0n) is 18.2. The number of anilines is 1. The number of hydrogen-bond donors (Lipinski definition) is 1. The summed E-state index contributed by atoms with van der Waals surface area (Å²) in [6.45, 7) is 4.58. The predicted molar refractivity (Wildman–Crippen MR) is 125 cm³/mol. The van der Waals surface area contributed by atoms with Gasteiger partial charge in [0.2, 0.25) is 0 Å². The lowest BCUT2D eigenvalue weighted by atomic mass is 9.89. The first-order valence-electron chi connectivity index (χ1n) is 10.4. The Balaban J connectivity index is 2.05. The Morgan fingerprint density at radius 2 is 1.94 bits per heavy atom. The van der Waals surface area contributed by atoms with E-state index in [2.05, 4.69) is 10.2 Å². The monoisotopic (exact) mass is 480 g/mol. The van der Waals surface area contributed by atoms with Crippen LogP contribution in [0.1, 0.15) is 25.5 Å². The van der Waals surface area contributed by atoms with Gasteiger partial charge in [-0.2, -0.15) is 0 Å². The maximum Gasteiger partial charge on any atom is 0.315 e. The highest BCUT2D eigenvalue weighted by Gasteiger charge is 2.43. The van der Waals surface area contributed by atoms with Gasteiger partial charge >= 0.3 is 5.97 Å². The van der Waals surface area contributed by atoms with Gasteiger partial charge in [0, 0.05) is 23.9 Å². The molecule has 0 aliphatic carbocycles. The van der Waals surface area contributed by atoms with Crippen LogP contribution in [0, 0.1) is 11.7 Å². The molecule has 3 rings (SSSR count). The number of hydrogen-bond acceptors (Lipinski definition) is 5. The Bertz CT molecular complexity index is 955. The van der Waals surface area contributed by atoms with Gasteiger partial charge in [-0.25, -0.2) is 4.39 Å². The van der Waals surface area contributed by atoms with Crippen LogP contribution < -0.4 is 5.32 Å². The third-order valence-electron chi connectivity index (χ3n) is 5.47. The second-order valence-electron chi connectivity index (χ2n) is 7.66. The summed E-state index contributed by atoms with van der Waals surface area (Å²) in [4.78, 5) is 15.0. The van der Waals surface area contributed by atoms with Crippen molar-refractivity contribution in [3.05, 3.63) is 76.2 Å². The summed E-state index contributed by atoms with van der Waals surface area (Å²) in [6, 6.07) is 11.2. The Labute approximate surface area is 198 Å². The summed E-state index contributed by atoms with van der Waals surface area (Å²) in [5, 5.41) is 4.07. The van der Waals surface area contributed by atoms with Gasteiger partial charge in [0.15, 0.2) is 0 Å². The number of esters is 1. The van der Waals surface area contributed by atoms with Gasteiger partial charge in [0.25, 0.3) is 0 Å². The van der Waals surface area contributed by atoms with Crippen LogP contribution in [0.2, 0.25) is 10.0 Å². The molecule has 0 bridgehead atoms. The van der Waals surface area contributed by atoms with Crippen molar-refractivity contribution in [1.29, 1.82) is 0 Å². The SMILES string of the molecule is CCOC(=O)C1C=CN([C@H](C)COC)C1C(Nc1ccc(F)c(Cl)c1)c1ccc(Cl)cc1. The lowest BCUT2D eigenvalue weighted by molar-refractivity contribution is -0.148. The smallest absolute Gasteiger partial charge is 0.315 e. The van der Waals surface area contributed by atoms with Crippen molar-refractivity contribution >= 4 is 34.9 Å². The molecule has 1 aliphatic rings. The predicted octanol–water partition coefficient (Wildman–Crippen LogP) is 5.70. The minimum Gasteiger partial charge on any atom is -0.465 e. The Kier molecular flexibility index (Phi) is 8.40. The third kappa shape index (κ3) is 5.55. The summed E-state index contributed by atoms with van der Waals surface area (Å²) in [5.41, 5.74) is 1.54. The van der Waals surface area contributed by atoms with Crippen LogP contribution in [0.3, 0.4) is 0 Å². The lowest BCUT2D eigenvalue weighted by Crippen LogP contribution is -2.48. The maximum absolute atomic E-state index is 13.7. The molecule has 1 N–H and O–H groups in total. The zero-order valence-corrected chi connectivity index (χ0v) is 19.7. The van der Waals surface area contributed by atoms with E-state index in [1.807, 2.05) is 31.3 Å². The van der Waals surface area contributed by atoms with Crippen LogP contribution >= 0.6 is 23.2 Å². The van der Waals surface area contributed by atoms with E-state index >= 15 is 0 Å². The number of nitrogens with zero attached hydrogens (tertiary/aromatic N) is 1. The molecule has 0 fully saturated rings. The molecule has 0 spiro atoms. The van der Waals surface area contributed by atoms with Gasteiger partial charge in [-0.1, -0.05) is 41.4 Å². The first kappa shape index (κ1) is 24.4. The molecule has 172 valence electrons. The first-order chi connectivity index (χ1) is 15.3. The van der Waals surface area contributed by atoms with Gasteiger partial charge in [-0.05, 0) is 55.9 Å². The fraction of sp³-hybridized carbons (Fsp3) is 0.375. The summed E-state index contributed by atoms with van der Waals surface area (Å²) in [7, 11) is 1.64. The average molecular weight is 481 g/mol. The molecule has 0 aromatic heterocycles. The third-order valence-corrected chi connectivity index (χ3v) is 6.01. The number of carbonyl (C=O) groups is 1. The number of ether oxygens (including phenoxy) is 2. The lowest BCUT2D eigenvalue weighted by Gasteiger charge is -2.39. The van der Waals surface area contributed by atoms with Gasteiger partial charge in [0.05, 0.1) is 36.2 Å². The quantitative estimate of drug-likeness (QED) is 0.466. The molecule has 4 atom stereocenters. The van der Waals surface area contributed by atoms with Crippen LogP contribution in [0.15, 0.2) is 54.7 Å². The molecule has 2 aromatic rings. The number of rotatable bonds is 9. The van der Waals surface area contributed by atoms with E-state index in [4.69, 9.17) is 32.7 Å². The van der Waals surface area contributed by atoms with Crippen LogP contribution in [0.5, 0.6) is 0 Å². The van der Waals surface area contributed by atoms with Crippen LogP contribution in [-0.2, 0) is 14.3 Å². The molecule has 0 saturated heterocycles. The number of methoxy groups -OCH3 is 1. The molecular weight excluding hydrogens is 454 g/mol. The van der Waals surface area contributed by atoms with Crippen molar-refractivity contribution in [2.75, 3.05) is 25.6 Å². The molecular formula is C24H27Cl2FN2O3. The van der Waals surface area contributed by atoms with E-state index in [-0.39, 0.29) is 35.7 Å². The molecule has 3 unspecified atom stereocenters. The summed E-state index contributed by atoms with van der Waals surface area (Å²) in [6.07, 6.45) is 3.77. The van der Waals surface area contributed by atoms with Gasteiger partial charge in [0.1, 0.15) is 5.82 Å². The molecule has 1 heterocycles. The average Bonchev–Trinajstić information content (AvgIpc) is 3.21. The van der Waals surface area contributed by atoms with E-state index in [0.29, 0.717) is 17.3 Å². The summed E-state index contributed by atoms with van der Waals surface area (Å²) < 4.78 is 24.5. The van der Waals surface area contributed by atoms with E-state index in [1.165, 1.54) is 12.1 Å². The van der Waals surface area contributed by atoms with Crippen molar-refractivity contribution < 1.29 is 18.7 Å². The Morgan fingerprint density at radius 1 is 1.22 bits per heavy atom. The van der Waals surface area contributed by atoms with Crippen LogP contribution in [-0.4, -0.2) is 43.3 Å². The van der Waals surface area contributed by atoms with E-state index in [9.17, 15) is 9.18 Å². The van der Waals surface area contributed by atoms with Crippen molar-refractivity contribution in [2.24, 2.45) is 5.92 Å². The minimum atomic E-state index is -0.515. The standard InChI is InChI=1S/C24H27Cl2FN2O3/c1-4-32-24(30)19-11-12-29(15(2)14-31-3)23(19)22(16-5-7-17(25)8-6-16)28-18-9-10-21(27)20(26)13-18/h5-13,15,19,22-23,28H,4,14H2,1-3H3/t15-,19?,22?,23?/m1/s1. The van der Waals surface area contributed by atoms with Gasteiger partial charge in [-0.3, -0.25) is 4.79 Å². The highest BCUT2D eigenvalue weighted by atomic mass is 35.5. The molecule has 32 heavy (non-hydrogen) atoms. The fourth-order valence-electron chi connectivity index (χ4n) is 4.00. The largest absolute Gasteiger partial charge is 0.465 e. The van der Waals surface area contributed by atoms with Gasteiger partial charge in [-0.15, -0.1) is 0 Å². The molecule has 1 aliphatic heterocycles. The van der Waals surface area contributed by atoms with Crippen molar-refractivity contribution in [3.63, 3.8) is 0 Å². The fourth-order valence-corrected chi connectivity index (χ4v) is 4.30. The van der Waals surface area contributed by atoms with Crippen molar-refractivity contribution in [3.8, 4) is 0 Å². The molecule has 8 heteroatoms. The zero-order chi connectivity index (χ0) is 23.3. The highest BCUT2D eigenvalue weighted by molar-refractivity contribution is 6.31. The number of halogens is 3. The first-order valence-corrected chi connectivity index (χ1v) is 11.2. The van der Waals surface area contributed by atoms with E-state index in [0.717, 1.165) is 5.56 Å². The number of benzene rings is 2. The highest BCUT2D eigenvalue weighted by Crippen LogP contribution is 2.37. The Hall–Kier alpha value is -2.28. The van der Waals surface area contributed by atoms with Crippen molar-refractivity contribution in [1.82, 2.24) is 4.90 Å². The maximum atomic E-state index is 13.7. The topological polar surface area (TPSA) is 50.8 Å². The molecule has 5 nitrogen and oxygen atoms in total. The number of nitrogens with one attached hydrogen (secondary N) is 1. The van der Waals surface area contributed by atoms with Crippen LogP contribution in [0.25, 0.3) is 0 Å². The van der Waals surface area contributed by atoms with E-state index in [1.54, 1.807) is 32.2 Å². The van der Waals surface area contributed by atoms with E-state index < -0.39 is 11.7 Å². The number of carbonyl (C=O) groups excluding carboxylic acids is 1. The molecule has 2 aromatic carbocycles. The second kappa shape index (κ2) is 11.0. The normalized spacial score (nSPS) is 19.6. The Morgan fingerprint density at radius 3 is 2.56 bits per heavy atom. The molecule has 0 saturated carbocycles. The molecule has 0 amide bonds. The summed E-state index contributed by atoms with van der Waals surface area (Å²) in [5.74, 6) is -1.32. The second-order valence-corrected chi connectivity index (χ2v) is 8.51.